The molecule has 0 fully saturated rings. The number of alkyl halides is 2. The van der Waals surface area contributed by atoms with Crippen LogP contribution in [0.3, 0.4) is 0 Å². The predicted octanol–water partition coefficient (Wildman–Crippen LogP) is 3.08. The lowest BCUT2D eigenvalue weighted by Gasteiger charge is -2.07. The van der Waals surface area contributed by atoms with Crippen LogP contribution in [0, 0.1) is 5.92 Å². The molecule has 0 nitrogen and oxygen atoms in total. The minimum absolute atomic E-state index is 0.412. The van der Waals surface area contributed by atoms with Crippen molar-refractivity contribution < 1.29 is 8.78 Å². The first-order chi connectivity index (χ1) is 4.18. The fourth-order valence-corrected chi connectivity index (χ4v) is 0.652. The highest BCUT2D eigenvalue weighted by Gasteiger charge is 2.12. The molecule has 0 bridgehead atoms. The highest BCUT2D eigenvalue weighted by atomic mass is 19.3. The number of hydrogen-bond acceptors (Lipinski definition) is 0. The lowest BCUT2D eigenvalue weighted by molar-refractivity contribution is 0.0808. The first kappa shape index (κ1) is 8.86. The summed E-state index contributed by atoms with van der Waals surface area (Å²) in [4.78, 5) is 0. The van der Waals surface area contributed by atoms with Gasteiger partial charge in [-0.1, -0.05) is 26.7 Å². The van der Waals surface area contributed by atoms with Gasteiger partial charge in [-0.2, -0.15) is 0 Å². The van der Waals surface area contributed by atoms with Crippen LogP contribution in [0.2, 0.25) is 0 Å². The summed E-state index contributed by atoms with van der Waals surface area (Å²) in [5.74, 6) is -0.412. The largest absolute Gasteiger partial charge is 0.241 e. The molecule has 0 spiro atoms. The van der Waals surface area contributed by atoms with Crippen LogP contribution in [-0.2, 0) is 0 Å². The molecule has 0 aromatic rings. The fraction of sp³-hybridized carbons (Fsp3) is 1.00. The third-order valence-electron chi connectivity index (χ3n) is 1.44. The van der Waals surface area contributed by atoms with Crippen molar-refractivity contribution in [1.29, 1.82) is 0 Å². The van der Waals surface area contributed by atoms with E-state index in [9.17, 15) is 8.78 Å². The number of rotatable bonds is 4. The molecule has 2 heteroatoms. The van der Waals surface area contributed by atoms with Gasteiger partial charge >= 0.3 is 0 Å². The van der Waals surface area contributed by atoms with Gasteiger partial charge < -0.3 is 0 Å². The van der Waals surface area contributed by atoms with Crippen LogP contribution in [0.15, 0.2) is 0 Å². The zero-order valence-electron chi connectivity index (χ0n) is 6.03. The van der Waals surface area contributed by atoms with E-state index in [0.717, 1.165) is 12.8 Å². The summed E-state index contributed by atoms with van der Waals surface area (Å²) in [6.45, 7) is 3.61. The van der Waals surface area contributed by atoms with Crippen molar-refractivity contribution >= 4 is 0 Å². The van der Waals surface area contributed by atoms with Crippen molar-refractivity contribution in [1.82, 2.24) is 0 Å². The minimum Gasteiger partial charge on any atom is -0.210 e. The average molecular weight is 136 g/mol. The highest BCUT2D eigenvalue weighted by molar-refractivity contribution is 4.53. The van der Waals surface area contributed by atoms with Crippen LogP contribution in [0.5, 0.6) is 0 Å². The molecule has 0 aromatic heterocycles. The Hall–Kier alpha value is -0.140. The second kappa shape index (κ2) is 4.71. The van der Waals surface area contributed by atoms with Gasteiger partial charge in [0.05, 0.1) is 0 Å². The molecular weight excluding hydrogens is 122 g/mol. The quantitative estimate of drug-likeness (QED) is 0.557. The van der Waals surface area contributed by atoms with E-state index in [2.05, 4.69) is 0 Å². The zero-order chi connectivity index (χ0) is 7.28. The molecule has 0 amide bonds. The molecule has 0 aromatic carbocycles. The van der Waals surface area contributed by atoms with Gasteiger partial charge in [-0.05, 0) is 6.42 Å². The molecule has 9 heavy (non-hydrogen) atoms. The van der Waals surface area contributed by atoms with Gasteiger partial charge in [-0.15, -0.1) is 0 Å². The van der Waals surface area contributed by atoms with Gasteiger partial charge in [0.1, 0.15) is 0 Å². The third kappa shape index (κ3) is 4.37. The van der Waals surface area contributed by atoms with E-state index in [0.29, 0.717) is 6.42 Å². The first-order valence-electron chi connectivity index (χ1n) is 3.46. The molecule has 0 N–H and O–H groups in total. The van der Waals surface area contributed by atoms with Crippen LogP contribution in [0.1, 0.15) is 33.1 Å². The van der Waals surface area contributed by atoms with E-state index in [1.807, 2.05) is 6.92 Å². The van der Waals surface area contributed by atoms with Crippen LogP contribution >= 0.6 is 0 Å². The maximum absolute atomic E-state index is 11.8. The zero-order valence-corrected chi connectivity index (χ0v) is 6.03. The molecule has 0 aliphatic rings. The van der Waals surface area contributed by atoms with Crippen molar-refractivity contribution in [3.8, 4) is 0 Å². The van der Waals surface area contributed by atoms with E-state index < -0.39 is 12.3 Å². The van der Waals surface area contributed by atoms with Gasteiger partial charge in [0, 0.05) is 5.92 Å². The van der Waals surface area contributed by atoms with Crippen molar-refractivity contribution in [2.45, 2.75) is 39.5 Å². The van der Waals surface area contributed by atoms with E-state index in [1.165, 1.54) is 0 Å². The van der Waals surface area contributed by atoms with Crippen LogP contribution in [0.4, 0.5) is 8.78 Å². The smallest absolute Gasteiger partial charge is 0.210 e. The molecule has 1 unspecified atom stereocenters. The van der Waals surface area contributed by atoms with E-state index in [4.69, 9.17) is 0 Å². The van der Waals surface area contributed by atoms with Crippen LogP contribution in [-0.4, -0.2) is 6.43 Å². The summed E-state index contributed by atoms with van der Waals surface area (Å²) in [6.07, 6.45) is 0.466. The molecule has 0 saturated heterocycles. The number of halogens is 2. The SMILES string of the molecule is CCCCC(C)C(F)F. The Labute approximate surface area is 55.3 Å². The second-order valence-corrected chi connectivity index (χ2v) is 2.45. The maximum atomic E-state index is 11.8. The van der Waals surface area contributed by atoms with Gasteiger partial charge in [-0.3, -0.25) is 0 Å². The lowest BCUT2D eigenvalue weighted by atomic mass is 10.1. The van der Waals surface area contributed by atoms with Gasteiger partial charge in [-0.25, -0.2) is 8.78 Å². The van der Waals surface area contributed by atoms with Crippen molar-refractivity contribution in [3.63, 3.8) is 0 Å². The van der Waals surface area contributed by atoms with Gasteiger partial charge in [0.25, 0.3) is 0 Å². The Morgan fingerprint density at radius 2 is 1.89 bits per heavy atom. The first-order valence-corrected chi connectivity index (χ1v) is 3.46. The minimum atomic E-state index is -2.13. The Kier molecular flexibility index (Phi) is 4.64. The van der Waals surface area contributed by atoms with Crippen molar-refractivity contribution in [3.05, 3.63) is 0 Å². The standard InChI is InChI=1S/C7H14F2/c1-3-4-5-6(2)7(8)9/h6-7H,3-5H2,1-2H3. The Morgan fingerprint density at radius 1 is 1.33 bits per heavy atom. The van der Waals surface area contributed by atoms with Crippen LogP contribution < -0.4 is 0 Å². The lowest BCUT2D eigenvalue weighted by Crippen LogP contribution is -2.05. The second-order valence-electron chi connectivity index (χ2n) is 2.45. The molecule has 0 aliphatic heterocycles. The normalized spacial score (nSPS) is 14.3. The topological polar surface area (TPSA) is 0 Å². The molecule has 0 radical (unpaired) electrons. The summed E-state index contributed by atoms with van der Waals surface area (Å²) in [5.41, 5.74) is 0. The molecule has 0 saturated carbocycles. The van der Waals surface area contributed by atoms with Crippen LogP contribution in [0.25, 0.3) is 0 Å². The molecule has 0 heterocycles. The molecule has 56 valence electrons. The van der Waals surface area contributed by atoms with E-state index in [-0.39, 0.29) is 0 Å². The van der Waals surface area contributed by atoms with Crippen molar-refractivity contribution in [2.75, 3.05) is 0 Å². The average Bonchev–Trinajstić information content (AvgIpc) is 1.82. The molecule has 0 aliphatic carbocycles. The van der Waals surface area contributed by atoms with Gasteiger partial charge in [0.15, 0.2) is 0 Å². The Bertz CT molecular complexity index is 61.9. The predicted molar refractivity (Wildman–Crippen MR) is 34.7 cm³/mol. The van der Waals surface area contributed by atoms with E-state index in [1.54, 1.807) is 6.92 Å². The summed E-state index contributed by atoms with van der Waals surface area (Å²) >= 11 is 0. The molecule has 1 atom stereocenters. The highest BCUT2D eigenvalue weighted by Crippen LogP contribution is 2.15. The summed E-state index contributed by atoms with van der Waals surface area (Å²) < 4.78 is 23.5. The molecular formula is C7H14F2. The summed E-state index contributed by atoms with van der Waals surface area (Å²) in [6, 6.07) is 0. The Balaban J connectivity index is 3.16. The number of hydrogen-bond donors (Lipinski definition) is 0. The number of unbranched alkanes of at least 4 members (excludes halogenated alkanes) is 1. The molecule has 0 rings (SSSR count). The van der Waals surface area contributed by atoms with E-state index >= 15 is 0 Å². The summed E-state index contributed by atoms with van der Waals surface area (Å²) in [7, 11) is 0. The monoisotopic (exact) mass is 136 g/mol. The Morgan fingerprint density at radius 3 is 2.22 bits per heavy atom. The third-order valence-corrected chi connectivity index (χ3v) is 1.44. The van der Waals surface area contributed by atoms with Crippen molar-refractivity contribution in [2.24, 2.45) is 5.92 Å². The maximum Gasteiger partial charge on any atom is 0.241 e. The summed E-state index contributed by atoms with van der Waals surface area (Å²) in [5, 5.41) is 0. The fourth-order valence-electron chi connectivity index (χ4n) is 0.652. The van der Waals surface area contributed by atoms with Gasteiger partial charge in [0.2, 0.25) is 6.43 Å².